The van der Waals surface area contributed by atoms with E-state index in [1.165, 1.54) is 25.0 Å². The molecule has 0 bridgehead atoms. The van der Waals surface area contributed by atoms with Crippen LogP contribution in [0, 0.1) is 0 Å². The first kappa shape index (κ1) is 26.7. The van der Waals surface area contributed by atoms with E-state index in [9.17, 15) is 0 Å². The van der Waals surface area contributed by atoms with Crippen molar-refractivity contribution in [3.63, 3.8) is 0 Å². The summed E-state index contributed by atoms with van der Waals surface area (Å²) in [5, 5.41) is 13.9. The molecule has 0 aromatic rings. The van der Waals surface area contributed by atoms with E-state index < -0.39 is 11.6 Å². The second-order valence-corrected chi connectivity index (χ2v) is 11.8. The van der Waals surface area contributed by atoms with Crippen LogP contribution in [0.3, 0.4) is 0 Å². The Labute approximate surface area is 233 Å². The summed E-state index contributed by atoms with van der Waals surface area (Å²) >= 11 is 0. The summed E-state index contributed by atoms with van der Waals surface area (Å²) in [6.07, 6.45) is 11.2. The maximum atomic E-state index is 7.72. The second-order valence-electron chi connectivity index (χ2n) is 11.8. The molecule has 39 heavy (non-hydrogen) atoms. The highest BCUT2D eigenvalue weighted by atomic mass is 16.6. The number of morpholine rings is 2. The number of rotatable bonds is 6. The predicted octanol–water partition coefficient (Wildman–Crippen LogP) is -0.588. The first-order chi connectivity index (χ1) is 19.3. The zero-order valence-electron chi connectivity index (χ0n) is 23.5. The maximum Gasteiger partial charge on any atom is 0.259 e. The van der Waals surface area contributed by atoms with Gasteiger partial charge in [-0.2, -0.15) is 15.0 Å². The molecule has 3 N–H and O–H groups in total. The van der Waals surface area contributed by atoms with Gasteiger partial charge in [-0.3, -0.25) is 20.2 Å². The lowest BCUT2D eigenvalue weighted by atomic mass is 9.95. The molecule has 7 heterocycles. The number of aliphatic imine (C=N–C) groups is 1. The molecule has 0 aliphatic carbocycles. The van der Waals surface area contributed by atoms with E-state index in [4.69, 9.17) is 14.5 Å². The SMILES string of the molecule is C1=CNN(C2(N3CCCN3)OC(C3=NCCC3)CN(N3CCOCC3)C2(N2CCCCC2)N2CCNCC2)C1. The summed E-state index contributed by atoms with van der Waals surface area (Å²) in [5.41, 5.74) is 8.74. The highest BCUT2D eigenvalue weighted by Crippen LogP contribution is 2.49. The van der Waals surface area contributed by atoms with Crippen LogP contribution < -0.4 is 16.2 Å². The predicted molar refractivity (Wildman–Crippen MR) is 149 cm³/mol. The number of likely N-dealkylation sites (tertiary alicyclic amines) is 1. The van der Waals surface area contributed by atoms with Gasteiger partial charge in [0.25, 0.3) is 5.85 Å². The minimum Gasteiger partial charge on any atom is -0.379 e. The molecule has 218 valence electrons. The fraction of sp³-hybridized carbons (Fsp3) is 0.889. The molecule has 7 rings (SSSR count). The Morgan fingerprint density at radius 2 is 1.67 bits per heavy atom. The smallest absolute Gasteiger partial charge is 0.259 e. The van der Waals surface area contributed by atoms with Gasteiger partial charge in [-0.1, -0.05) is 12.5 Å². The third-order valence-electron chi connectivity index (χ3n) is 9.63. The van der Waals surface area contributed by atoms with Crippen molar-refractivity contribution in [1.82, 2.24) is 46.0 Å². The largest absolute Gasteiger partial charge is 0.379 e. The van der Waals surface area contributed by atoms with Gasteiger partial charge in [0, 0.05) is 97.0 Å². The molecule has 0 saturated carbocycles. The highest BCUT2D eigenvalue weighted by molar-refractivity contribution is 5.90. The lowest BCUT2D eigenvalue weighted by Crippen LogP contribution is -2.94. The summed E-state index contributed by atoms with van der Waals surface area (Å²) < 4.78 is 13.6. The number of nitrogens with one attached hydrogen (secondary N) is 3. The monoisotopic (exact) mass is 544 g/mol. The lowest BCUT2D eigenvalue weighted by molar-refractivity contribution is -0.453. The molecular weight excluding hydrogens is 496 g/mol. The fourth-order valence-corrected chi connectivity index (χ4v) is 7.98. The number of piperazine rings is 1. The van der Waals surface area contributed by atoms with E-state index >= 15 is 0 Å². The van der Waals surface area contributed by atoms with Crippen molar-refractivity contribution in [3.05, 3.63) is 12.3 Å². The summed E-state index contributed by atoms with van der Waals surface area (Å²) in [5.74, 6) is -1.35. The van der Waals surface area contributed by atoms with Crippen molar-refractivity contribution < 1.29 is 9.47 Å². The van der Waals surface area contributed by atoms with Gasteiger partial charge in [-0.25, -0.2) is 5.01 Å². The Morgan fingerprint density at radius 1 is 0.846 bits per heavy atom. The van der Waals surface area contributed by atoms with Gasteiger partial charge in [0.1, 0.15) is 6.10 Å². The van der Waals surface area contributed by atoms with E-state index in [1.54, 1.807) is 0 Å². The molecule has 0 amide bonds. The van der Waals surface area contributed by atoms with Crippen LogP contribution in [-0.4, -0.2) is 152 Å². The van der Waals surface area contributed by atoms with Crippen LogP contribution in [0.15, 0.2) is 17.3 Å². The molecular formula is C27H48N10O2. The molecule has 0 aromatic heterocycles. The number of hydrogen-bond donors (Lipinski definition) is 3. The summed E-state index contributed by atoms with van der Waals surface area (Å²) in [4.78, 5) is 10.6. The first-order valence-corrected chi connectivity index (χ1v) is 15.6. The van der Waals surface area contributed by atoms with Crippen molar-refractivity contribution in [2.45, 2.75) is 56.3 Å². The van der Waals surface area contributed by atoms with Crippen LogP contribution in [0.2, 0.25) is 0 Å². The molecule has 12 heteroatoms. The minimum atomic E-state index is -0.811. The standard InChI is InChI=1S/C27H48N10O2/c1-2-13-32(14-3-1)26(33-17-11-28-12-18-33)27(35-15-5-9-30-35,36-16-6-10-31-36)39-25(24-7-4-8-29-24)23-37(26)34-19-21-38-22-20-34/h5,9,25,28,30-31H,1-4,6-8,10-23H2. The number of hydrogen-bond acceptors (Lipinski definition) is 12. The van der Waals surface area contributed by atoms with Gasteiger partial charge in [-0.15, -0.1) is 0 Å². The van der Waals surface area contributed by atoms with Crippen molar-refractivity contribution in [1.29, 1.82) is 0 Å². The average Bonchev–Trinajstić information content (AvgIpc) is 3.82. The van der Waals surface area contributed by atoms with Crippen molar-refractivity contribution in [3.8, 4) is 0 Å². The zero-order chi connectivity index (χ0) is 26.1. The van der Waals surface area contributed by atoms with Crippen molar-refractivity contribution >= 4 is 5.71 Å². The second kappa shape index (κ2) is 11.6. The van der Waals surface area contributed by atoms with Gasteiger partial charge in [0.05, 0.1) is 13.2 Å². The van der Waals surface area contributed by atoms with E-state index in [0.717, 1.165) is 118 Å². The third kappa shape index (κ3) is 4.48. The van der Waals surface area contributed by atoms with Crippen LogP contribution in [0.5, 0.6) is 0 Å². The van der Waals surface area contributed by atoms with Crippen LogP contribution in [-0.2, 0) is 9.47 Å². The minimum absolute atomic E-state index is 0.0685. The van der Waals surface area contributed by atoms with Crippen LogP contribution in [0.4, 0.5) is 0 Å². The molecule has 7 aliphatic rings. The normalized spacial score (nSPS) is 38.9. The topological polar surface area (TPSA) is 86.3 Å². The lowest BCUT2D eigenvalue weighted by Gasteiger charge is -2.71. The van der Waals surface area contributed by atoms with Crippen LogP contribution in [0.25, 0.3) is 0 Å². The van der Waals surface area contributed by atoms with Gasteiger partial charge >= 0.3 is 0 Å². The highest BCUT2D eigenvalue weighted by Gasteiger charge is 2.73. The summed E-state index contributed by atoms with van der Waals surface area (Å²) in [6, 6.07) is 0. The molecule has 7 aliphatic heterocycles. The first-order valence-electron chi connectivity index (χ1n) is 15.6. The Bertz CT molecular complexity index is 865. The average molecular weight is 545 g/mol. The Hall–Kier alpha value is -1.19. The van der Waals surface area contributed by atoms with Crippen LogP contribution in [0.1, 0.15) is 38.5 Å². The molecule has 0 radical (unpaired) electrons. The van der Waals surface area contributed by atoms with Gasteiger partial charge in [0.15, 0.2) is 0 Å². The van der Waals surface area contributed by atoms with Gasteiger partial charge in [-0.05, 0) is 32.1 Å². The fourth-order valence-electron chi connectivity index (χ4n) is 7.98. The molecule has 0 aromatic carbocycles. The van der Waals surface area contributed by atoms with Crippen LogP contribution >= 0.6 is 0 Å². The van der Waals surface area contributed by atoms with E-state index in [0.29, 0.717) is 0 Å². The molecule has 0 spiro atoms. The Kier molecular flexibility index (Phi) is 7.93. The van der Waals surface area contributed by atoms with E-state index in [2.05, 4.69) is 58.3 Å². The van der Waals surface area contributed by atoms with Gasteiger partial charge in [0.2, 0.25) is 5.79 Å². The maximum absolute atomic E-state index is 7.72. The number of nitrogens with zero attached hydrogens (tertiary/aromatic N) is 7. The van der Waals surface area contributed by atoms with E-state index in [-0.39, 0.29) is 6.10 Å². The summed E-state index contributed by atoms with van der Waals surface area (Å²) in [6.45, 7) is 13.8. The molecule has 5 fully saturated rings. The third-order valence-corrected chi connectivity index (χ3v) is 9.63. The Morgan fingerprint density at radius 3 is 2.36 bits per heavy atom. The Balaban J connectivity index is 1.45. The number of ether oxygens (including phenoxy) is 2. The van der Waals surface area contributed by atoms with Gasteiger partial charge < -0.3 is 20.2 Å². The summed E-state index contributed by atoms with van der Waals surface area (Å²) in [7, 11) is 0. The molecule has 3 atom stereocenters. The number of hydrazine groups is 3. The number of piperidine rings is 1. The quantitative estimate of drug-likeness (QED) is 0.401. The zero-order valence-corrected chi connectivity index (χ0v) is 23.5. The molecule has 5 saturated heterocycles. The van der Waals surface area contributed by atoms with Crippen molar-refractivity contribution in [2.24, 2.45) is 4.99 Å². The van der Waals surface area contributed by atoms with E-state index in [1.807, 2.05) is 0 Å². The molecule has 12 nitrogen and oxygen atoms in total. The van der Waals surface area contributed by atoms with Crippen molar-refractivity contribution in [2.75, 3.05) is 98.3 Å². The molecule has 3 unspecified atom stereocenters.